The second-order valence-electron chi connectivity index (χ2n) is 7.11. The minimum Gasteiger partial charge on any atom is -0.465 e. The number of ether oxygens (including phenoxy) is 1. The monoisotopic (exact) mass is 397 g/mol. The van der Waals surface area contributed by atoms with Crippen molar-refractivity contribution < 1.29 is 19.1 Å². The normalized spacial score (nSPS) is 10.6. The summed E-state index contributed by atoms with van der Waals surface area (Å²) < 4.78 is 4.64. The molecule has 7 nitrogen and oxygen atoms in total. The molecule has 0 aromatic heterocycles. The fourth-order valence-corrected chi connectivity index (χ4v) is 3.11. The van der Waals surface area contributed by atoms with Gasteiger partial charge in [0.05, 0.1) is 25.8 Å². The molecule has 0 saturated heterocycles. The van der Waals surface area contributed by atoms with Gasteiger partial charge < -0.3 is 15.4 Å². The lowest BCUT2D eigenvalue weighted by molar-refractivity contribution is -0.119. The van der Waals surface area contributed by atoms with Gasteiger partial charge in [-0.15, -0.1) is 0 Å². The predicted octanol–water partition coefficient (Wildman–Crippen LogP) is 2.91. The Bertz CT molecular complexity index is 884. The zero-order valence-corrected chi connectivity index (χ0v) is 17.5. The third-order valence-corrected chi connectivity index (χ3v) is 4.36. The maximum Gasteiger partial charge on any atom is 0.337 e. The number of nitrogens with zero attached hydrogens (tertiary/aromatic N) is 1. The first-order chi connectivity index (χ1) is 13.7. The van der Waals surface area contributed by atoms with Crippen molar-refractivity contribution in [1.29, 1.82) is 0 Å². The molecule has 7 heteroatoms. The van der Waals surface area contributed by atoms with Crippen molar-refractivity contribution in [2.75, 3.05) is 37.9 Å². The minimum atomic E-state index is -0.437. The van der Waals surface area contributed by atoms with Crippen LogP contribution in [0.25, 0.3) is 0 Å². The third kappa shape index (κ3) is 6.43. The van der Waals surface area contributed by atoms with Gasteiger partial charge in [-0.25, -0.2) is 4.79 Å². The molecule has 0 fully saturated rings. The quantitative estimate of drug-likeness (QED) is 0.702. The molecule has 0 unspecified atom stereocenters. The lowest BCUT2D eigenvalue weighted by Gasteiger charge is -2.18. The molecule has 0 aliphatic rings. The maximum absolute atomic E-state index is 12.4. The largest absolute Gasteiger partial charge is 0.465 e. The van der Waals surface area contributed by atoms with E-state index in [1.807, 2.05) is 32.9 Å². The van der Waals surface area contributed by atoms with E-state index in [0.29, 0.717) is 11.3 Å². The van der Waals surface area contributed by atoms with E-state index >= 15 is 0 Å². The Morgan fingerprint density at radius 3 is 1.93 bits per heavy atom. The molecule has 154 valence electrons. The van der Waals surface area contributed by atoms with Crippen LogP contribution in [0.15, 0.2) is 36.4 Å². The molecule has 2 aromatic carbocycles. The van der Waals surface area contributed by atoms with Crippen LogP contribution in [-0.2, 0) is 14.3 Å². The number of hydrogen-bond donors (Lipinski definition) is 2. The molecule has 2 rings (SSSR count). The van der Waals surface area contributed by atoms with Gasteiger partial charge in [0.1, 0.15) is 0 Å². The molecule has 2 aromatic rings. The Hall–Kier alpha value is -3.19. The fourth-order valence-electron chi connectivity index (χ4n) is 3.11. The van der Waals surface area contributed by atoms with Crippen molar-refractivity contribution >= 4 is 29.2 Å². The SMILES string of the molecule is COC(=O)c1ccc(NC(=O)CN(C)CC(=O)Nc2c(C)cc(C)cc2C)cc1. The summed E-state index contributed by atoms with van der Waals surface area (Å²) in [6, 6.07) is 10.4. The number of likely N-dealkylation sites (N-methyl/N-ethyl adjacent to an activating group) is 1. The number of esters is 1. The first kappa shape index (κ1) is 22.1. The number of carbonyl (C=O) groups excluding carboxylic acids is 3. The molecule has 0 atom stereocenters. The smallest absolute Gasteiger partial charge is 0.337 e. The van der Waals surface area contributed by atoms with Crippen LogP contribution in [0.1, 0.15) is 27.0 Å². The summed E-state index contributed by atoms with van der Waals surface area (Å²) in [6.07, 6.45) is 0. The fraction of sp³-hybridized carbons (Fsp3) is 0.318. The van der Waals surface area contributed by atoms with E-state index < -0.39 is 5.97 Å². The number of aryl methyl sites for hydroxylation is 3. The number of hydrogen-bond acceptors (Lipinski definition) is 5. The molecule has 0 spiro atoms. The molecular weight excluding hydrogens is 370 g/mol. The van der Waals surface area contributed by atoms with Crippen molar-refractivity contribution in [3.63, 3.8) is 0 Å². The average molecular weight is 397 g/mol. The summed E-state index contributed by atoms with van der Waals surface area (Å²) in [7, 11) is 3.01. The van der Waals surface area contributed by atoms with E-state index in [2.05, 4.69) is 15.4 Å². The Morgan fingerprint density at radius 1 is 0.897 bits per heavy atom. The van der Waals surface area contributed by atoms with Gasteiger partial charge in [0.2, 0.25) is 11.8 Å². The average Bonchev–Trinajstić information content (AvgIpc) is 2.64. The van der Waals surface area contributed by atoms with E-state index in [-0.39, 0.29) is 24.9 Å². The van der Waals surface area contributed by atoms with E-state index in [9.17, 15) is 14.4 Å². The van der Waals surface area contributed by atoms with Gasteiger partial charge in [0.25, 0.3) is 0 Å². The highest BCUT2D eigenvalue weighted by Gasteiger charge is 2.13. The zero-order valence-electron chi connectivity index (χ0n) is 17.5. The summed E-state index contributed by atoms with van der Waals surface area (Å²) in [4.78, 5) is 37.6. The van der Waals surface area contributed by atoms with E-state index in [1.54, 1.807) is 36.2 Å². The number of nitrogens with one attached hydrogen (secondary N) is 2. The van der Waals surface area contributed by atoms with Crippen molar-refractivity contribution in [2.45, 2.75) is 20.8 Å². The van der Waals surface area contributed by atoms with Crippen LogP contribution >= 0.6 is 0 Å². The van der Waals surface area contributed by atoms with Crippen LogP contribution in [0.5, 0.6) is 0 Å². The highest BCUT2D eigenvalue weighted by Crippen LogP contribution is 2.21. The molecule has 2 amide bonds. The molecule has 0 saturated carbocycles. The lowest BCUT2D eigenvalue weighted by atomic mass is 10.1. The number of benzene rings is 2. The Balaban J connectivity index is 1.86. The van der Waals surface area contributed by atoms with Crippen molar-refractivity contribution in [2.24, 2.45) is 0 Å². The minimum absolute atomic E-state index is 0.0536. The van der Waals surface area contributed by atoms with Crippen LogP contribution in [0.2, 0.25) is 0 Å². The molecular formula is C22H27N3O4. The lowest BCUT2D eigenvalue weighted by Crippen LogP contribution is -2.36. The molecule has 0 heterocycles. The summed E-state index contributed by atoms with van der Waals surface area (Å²) >= 11 is 0. The van der Waals surface area contributed by atoms with Crippen LogP contribution < -0.4 is 10.6 Å². The van der Waals surface area contributed by atoms with Crippen molar-refractivity contribution in [3.05, 3.63) is 58.7 Å². The number of amides is 2. The van der Waals surface area contributed by atoms with Gasteiger partial charge >= 0.3 is 5.97 Å². The van der Waals surface area contributed by atoms with Gasteiger partial charge in [-0.05, 0) is 63.2 Å². The number of rotatable bonds is 7. The predicted molar refractivity (Wildman–Crippen MR) is 113 cm³/mol. The third-order valence-electron chi connectivity index (χ3n) is 4.36. The first-order valence-electron chi connectivity index (χ1n) is 9.24. The highest BCUT2D eigenvalue weighted by molar-refractivity contribution is 5.96. The topological polar surface area (TPSA) is 87.7 Å². The second kappa shape index (κ2) is 9.84. The summed E-state index contributed by atoms with van der Waals surface area (Å²) in [5.74, 6) is -0.876. The summed E-state index contributed by atoms with van der Waals surface area (Å²) in [5, 5.41) is 5.67. The van der Waals surface area contributed by atoms with Gasteiger partial charge in [0.15, 0.2) is 0 Å². The Labute approximate surface area is 171 Å². The standard InChI is InChI=1S/C22H27N3O4/c1-14-10-15(2)21(16(3)11-14)24-20(27)13-25(4)12-19(26)23-18-8-6-17(7-9-18)22(28)29-5/h6-11H,12-13H2,1-5H3,(H,23,26)(H,24,27). The molecule has 0 aliphatic carbocycles. The zero-order chi connectivity index (χ0) is 21.6. The maximum atomic E-state index is 12.4. The highest BCUT2D eigenvalue weighted by atomic mass is 16.5. The molecule has 29 heavy (non-hydrogen) atoms. The van der Waals surface area contributed by atoms with Gasteiger partial charge in [-0.3, -0.25) is 14.5 Å². The van der Waals surface area contributed by atoms with E-state index in [4.69, 9.17) is 0 Å². The summed E-state index contributed by atoms with van der Waals surface area (Å²) in [6.45, 7) is 6.07. The van der Waals surface area contributed by atoms with Crippen molar-refractivity contribution in [3.8, 4) is 0 Å². The van der Waals surface area contributed by atoms with Crippen molar-refractivity contribution in [1.82, 2.24) is 4.90 Å². The molecule has 0 bridgehead atoms. The second-order valence-corrected chi connectivity index (χ2v) is 7.11. The van der Waals surface area contributed by atoms with Crippen LogP contribution in [0.3, 0.4) is 0 Å². The number of anilines is 2. The van der Waals surface area contributed by atoms with Crippen LogP contribution in [0.4, 0.5) is 11.4 Å². The van der Waals surface area contributed by atoms with Crippen LogP contribution in [-0.4, -0.2) is 49.9 Å². The van der Waals surface area contributed by atoms with Crippen LogP contribution in [0, 0.1) is 20.8 Å². The van der Waals surface area contributed by atoms with E-state index in [1.165, 1.54) is 7.11 Å². The van der Waals surface area contributed by atoms with E-state index in [0.717, 1.165) is 22.4 Å². The Morgan fingerprint density at radius 2 is 1.41 bits per heavy atom. The Kier molecular flexibility index (Phi) is 7.50. The molecule has 0 radical (unpaired) electrons. The molecule has 2 N–H and O–H groups in total. The van der Waals surface area contributed by atoms with Gasteiger partial charge in [0, 0.05) is 11.4 Å². The summed E-state index contributed by atoms with van der Waals surface area (Å²) in [5.41, 5.74) is 4.93. The molecule has 0 aliphatic heterocycles. The van der Waals surface area contributed by atoms with Gasteiger partial charge in [-0.2, -0.15) is 0 Å². The first-order valence-corrected chi connectivity index (χ1v) is 9.24. The number of carbonyl (C=O) groups is 3. The van der Waals surface area contributed by atoms with Gasteiger partial charge in [-0.1, -0.05) is 17.7 Å². The number of methoxy groups -OCH3 is 1.